The number of hydrogen-bond acceptors (Lipinski definition) is 5. The number of nitrogens with zero attached hydrogens (tertiary/aromatic N) is 2. The van der Waals surface area contributed by atoms with Crippen molar-refractivity contribution in [2.75, 3.05) is 56.5 Å². The monoisotopic (exact) mass is 415 g/mol. The zero-order valence-corrected chi connectivity index (χ0v) is 18.2. The van der Waals surface area contributed by atoms with Gasteiger partial charge in [0.1, 0.15) is 0 Å². The van der Waals surface area contributed by atoms with Crippen molar-refractivity contribution in [2.45, 2.75) is 38.0 Å². The molecule has 154 valence electrons. The van der Waals surface area contributed by atoms with Gasteiger partial charge in [-0.2, -0.15) is 0 Å². The minimum Gasteiger partial charge on any atom is -0.450 e. The number of ether oxygens (including phenoxy) is 1. The quantitative estimate of drug-likeness (QED) is 0.457. The molecule has 0 spiro atoms. The Morgan fingerprint density at radius 2 is 1.85 bits per heavy atom. The molecule has 7 heteroatoms. The van der Waals surface area contributed by atoms with Crippen molar-refractivity contribution in [1.82, 2.24) is 10.2 Å². The molecule has 1 aromatic carbocycles. The van der Waals surface area contributed by atoms with E-state index >= 15 is 0 Å². The standard InChI is InChI=1S/C20H33N3O2S.ClH/c1-3-25-20(24)21-12-8-5-9-13-22-14-16-23(17-15-22)18-10-6-7-11-19(18)26-4-2;/h6-7,10-11H,3-5,8-9,12-17H2,1-2H3,(H,21,24);1H. The van der Waals surface area contributed by atoms with E-state index < -0.39 is 0 Å². The van der Waals surface area contributed by atoms with E-state index in [-0.39, 0.29) is 18.5 Å². The average molecular weight is 416 g/mol. The third-order valence-corrected chi connectivity index (χ3v) is 5.52. The SMILES string of the molecule is CCOC(=O)NCCCCCN1CCN(c2ccccc2SCC)CC1.Cl. The lowest BCUT2D eigenvalue weighted by molar-refractivity contribution is 0.152. The van der Waals surface area contributed by atoms with Crippen molar-refractivity contribution in [2.24, 2.45) is 0 Å². The van der Waals surface area contributed by atoms with Crippen LogP contribution in [-0.2, 0) is 4.74 Å². The summed E-state index contributed by atoms with van der Waals surface area (Å²) in [6.45, 7) is 10.8. The Bertz CT molecular complexity index is 540. The number of hydrogen-bond donors (Lipinski definition) is 1. The second-order valence-electron chi connectivity index (χ2n) is 6.44. The number of carbonyl (C=O) groups is 1. The van der Waals surface area contributed by atoms with Gasteiger partial charge < -0.3 is 15.0 Å². The van der Waals surface area contributed by atoms with Gasteiger partial charge in [-0.3, -0.25) is 4.90 Å². The molecule has 0 aliphatic carbocycles. The van der Waals surface area contributed by atoms with Gasteiger partial charge in [0.2, 0.25) is 0 Å². The van der Waals surface area contributed by atoms with Crippen LogP contribution in [-0.4, -0.2) is 62.6 Å². The first kappa shape index (κ1) is 23.9. The van der Waals surface area contributed by atoms with Crippen molar-refractivity contribution in [3.05, 3.63) is 24.3 Å². The maximum absolute atomic E-state index is 11.2. The van der Waals surface area contributed by atoms with E-state index in [1.54, 1.807) is 0 Å². The number of para-hydroxylation sites is 1. The molecule has 1 aliphatic rings. The van der Waals surface area contributed by atoms with Gasteiger partial charge in [0.25, 0.3) is 0 Å². The number of thioether (sulfide) groups is 1. The highest BCUT2D eigenvalue weighted by atomic mass is 35.5. The summed E-state index contributed by atoms with van der Waals surface area (Å²) in [7, 11) is 0. The van der Waals surface area contributed by atoms with Gasteiger partial charge >= 0.3 is 6.09 Å². The number of benzene rings is 1. The van der Waals surface area contributed by atoms with E-state index in [1.165, 1.54) is 17.0 Å². The molecule has 1 N–H and O–H groups in total. The van der Waals surface area contributed by atoms with E-state index in [0.29, 0.717) is 13.2 Å². The average Bonchev–Trinajstić information content (AvgIpc) is 2.66. The van der Waals surface area contributed by atoms with Gasteiger partial charge in [-0.25, -0.2) is 4.79 Å². The normalized spacial score (nSPS) is 14.5. The molecule has 2 rings (SSSR count). The smallest absolute Gasteiger partial charge is 0.407 e. The third kappa shape index (κ3) is 8.62. The number of carbonyl (C=O) groups excluding carboxylic acids is 1. The fourth-order valence-corrected chi connectivity index (χ4v) is 4.05. The van der Waals surface area contributed by atoms with E-state index in [1.807, 2.05) is 18.7 Å². The van der Waals surface area contributed by atoms with Gasteiger partial charge in [-0.15, -0.1) is 24.2 Å². The third-order valence-electron chi connectivity index (χ3n) is 4.57. The van der Waals surface area contributed by atoms with Crippen molar-refractivity contribution >= 4 is 35.9 Å². The van der Waals surface area contributed by atoms with E-state index in [4.69, 9.17) is 4.74 Å². The molecule has 1 fully saturated rings. The topological polar surface area (TPSA) is 44.8 Å². The van der Waals surface area contributed by atoms with Gasteiger partial charge in [-0.05, 0) is 44.2 Å². The Kier molecular flexibility index (Phi) is 12.4. The summed E-state index contributed by atoms with van der Waals surface area (Å²) < 4.78 is 4.85. The molecule has 0 saturated carbocycles. The number of piperazine rings is 1. The molecule has 0 aromatic heterocycles. The van der Waals surface area contributed by atoms with Crippen LogP contribution in [0.3, 0.4) is 0 Å². The van der Waals surface area contributed by atoms with Gasteiger partial charge in [-0.1, -0.05) is 25.5 Å². The summed E-state index contributed by atoms with van der Waals surface area (Å²) >= 11 is 1.93. The number of halogens is 1. The highest BCUT2D eigenvalue weighted by molar-refractivity contribution is 7.99. The van der Waals surface area contributed by atoms with Crippen molar-refractivity contribution in [3.8, 4) is 0 Å². The Balaban J connectivity index is 0.00000364. The minimum absolute atomic E-state index is 0. The summed E-state index contributed by atoms with van der Waals surface area (Å²) in [5.41, 5.74) is 1.39. The fraction of sp³-hybridized carbons (Fsp3) is 0.650. The molecule has 1 saturated heterocycles. The summed E-state index contributed by atoms with van der Waals surface area (Å²) in [5.74, 6) is 1.11. The number of anilines is 1. The first-order valence-corrected chi connectivity index (χ1v) is 10.8. The minimum atomic E-state index is -0.301. The van der Waals surface area contributed by atoms with Crippen LogP contribution >= 0.6 is 24.2 Å². The molecule has 0 radical (unpaired) electrons. The van der Waals surface area contributed by atoms with Crippen molar-refractivity contribution < 1.29 is 9.53 Å². The number of rotatable bonds is 10. The molecule has 0 atom stereocenters. The maximum atomic E-state index is 11.2. The number of alkyl carbamates (subject to hydrolysis) is 1. The molecule has 0 bridgehead atoms. The Morgan fingerprint density at radius 1 is 1.11 bits per heavy atom. The predicted octanol–water partition coefficient (Wildman–Crippen LogP) is 4.26. The van der Waals surface area contributed by atoms with Gasteiger partial charge in [0.15, 0.2) is 0 Å². The van der Waals surface area contributed by atoms with E-state index in [2.05, 4.69) is 46.3 Å². The molecule has 1 aromatic rings. The molecule has 5 nitrogen and oxygen atoms in total. The first-order valence-electron chi connectivity index (χ1n) is 9.84. The second-order valence-corrected chi connectivity index (χ2v) is 7.74. The highest BCUT2D eigenvalue weighted by Crippen LogP contribution is 2.30. The van der Waals surface area contributed by atoms with Crippen LogP contribution in [0.25, 0.3) is 0 Å². The molecule has 0 unspecified atom stereocenters. The van der Waals surface area contributed by atoms with Crippen LogP contribution in [0.2, 0.25) is 0 Å². The Labute approximate surface area is 174 Å². The Morgan fingerprint density at radius 3 is 2.56 bits per heavy atom. The predicted molar refractivity (Wildman–Crippen MR) is 118 cm³/mol. The molecule has 1 amide bonds. The van der Waals surface area contributed by atoms with Crippen LogP contribution in [0.4, 0.5) is 10.5 Å². The van der Waals surface area contributed by atoms with Crippen LogP contribution in [0.15, 0.2) is 29.2 Å². The van der Waals surface area contributed by atoms with Crippen molar-refractivity contribution in [3.63, 3.8) is 0 Å². The number of unbranched alkanes of at least 4 members (excludes halogenated alkanes) is 2. The van der Waals surface area contributed by atoms with Gasteiger partial charge in [0, 0.05) is 37.6 Å². The summed E-state index contributed by atoms with van der Waals surface area (Å²) in [6.07, 6.45) is 3.04. The van der Waals surface area contributed by atoms with Crippen molar-refractivity contribution in [1.29, 1.82) is 0 Å². The number of amides is 1. The van der Waals surface area contributed by atoms with E-state index in [9.17, 15) is 4.79 Å². The van der Waals surface area contributed by atoms with Gasteiger partial charge in [0.05, 0.1) is 12.3 Å². The summed E-state index contributed by atoms with van der Waals surface area (Å²) in [6, 6.07) is 8.77. The zero-order chi connectivity index (χ0) is 18.6. The van der Waals surface area contributed by atoms with Crippen LogP contribution < -0.4 is 10.2 Å². The Hall–Kier alpha value is -1.11. The first-order chi connectivity index (χ1) is 12.7. The molecule has 27 heavy (non-hydrogen) atoms. The molecular weight excluding hydrogens is 382 g/mol. The number of nitrogens with one attached hydrogen (secondary N) is 1. The molecule has 1 heterocycles. The summed E-state index contributed by atoms with van der Waals surface area (Å²) in [5, 5.41) is 2.78. The fourth-order valence-electron chi connectivity index (χ4n) is 3.22. The second kappa shape index (κ2) is 14.0. The molecular formula is C20H34ClN3O2S. The largest absolute Gasteiger partial charge is 0.450 e. The van der Waals surface area contributed by atoms with Crippen LogP contribution in [0, 0.1) is 0 Å². The lowest BCUT2D eigenvalue weighted by Crippen LogP contribution is -2.46. The highest BCUT2D eigenvalue weighted by Gasteiger charge is 2.18. The van der Waals surface area contributed by atoms with Crippen LogP contribution in [0.1, 0.15) is 33.1 Å². The summed E-state index contributed by atoms with van der Waals surface area (Å²) in [4.78, 5) is 17.7. The van der Waals surface area contributed by atoms with Crippen LogP contribution in [0.5, 0.6) is 0 Å². The maximum Gasteiger partial charge on any atom is 0.407 e. The lowest BCUT2D eigenvalue weighted by Gasteiger charge is -2.37. The van der Waals surface area contributed by atoms with E-state index in [0.717, 1.165) is 51.3 Å². The zero-order valence-electron chi connectivity index (χ0n) is 16.6. The lowest BCUT2D eigenvalue weighted by atomic mass is 10.2. The molecule has 1 aliphatic heterocycles.